The van der Waals surface area contributed by atoms with Crippen molar-refractivity contribution in [3.05, 3.63) is 63.1 Å². The second kappa shape index (κ2) is 13.3. The van der Waals surface area contributed by atoms with Crippen LogP contribution in [0.15, 0.2) is 36.4 Å². The number of hydrogen-bond donors (Lipinski definition) is 1. The van der Waals surface area contributed by atoms with E-state index in [1.807, 2.05) is 39.8 Å². The zero-order valence-corrected chi connectivity index (χ0v) is 23.8. The molecule has 10 heteroatoms. The number of hydrogen-bond acceptors (Lipinski definition) is 4. The topological polar surface area (TPSA) is 86.8 Å². The van der Waals surface area contributed by atoms with E-state index in [9.17, 15) is 18.0 Å². The Balaban J connectivity index is 2.27. The van der Waals surface area contributed by atoms with Gasteiger partial charge in [-0.3, -0.25) is 13.9 Å². The van der Waals surface area contributed by atoms with E-state index in [-0.39, 0.29) is 37.7 Å². The Bertz CT molecular complexity index is 1190. The van der Waals surface area contributed by atoms with Crippen LogP contribution in [0.25, 0.3) is 0 Å². The number of halogens is 2. The van der Waals surface area contributed by atoms with Crippen molar-refractivity contribution in [3.8, 4) is 0 Å². The first-order chi connectivity index (χ1) is 16.9. The minimum absolute atomic E-state index is 0.0675. The molecule has 0 saturated carbocycles. The lowest BCUT2D eigenvalue weighted by Crippen LogP contribution is -2.49. The summed E-state index contributed by atoms with van der Waals surface area (Å²) in [7, 11) is -3.56. The number of aryl methyl sites for hydroxylation is 1. The summed E-state index contributed by atoms with van der Waals surface area (Å²) in [5, 5.41) is 3.68. The Hall–Kier alpha value is -2.29. The summed E-state index contributed by atoms with van der Waals surface area (Å²) in [4.78, 5) is 27.7. The molecule has 0 aromatic heterocycles. The zero-order valence-electron chi connectivity index (χ0n) is 21.5. The molecule has 36 heavy (non-hydrogen) atoms. The molecular weight excluding hydrogens is 521 g/mol. The number of nitrogens with one attached hydrogen (secondary N) is 1. The summed E-state index contributed by atoms with van der Waals surface area (Å²) in [5.74, 6) is -0.500. The van der Waals surface area contributed by atoms with Crippen LogP contribution in [0.3, 0.4) is 0 Å². The molecular formula is C26H35Cl2N3O4S. The molecule has 0 spiro atoms. The van der Waals surface area contributed by atoms with Crippen molar-refractivity contribution in [3.63, 3.8) is 0 Å². The van der Waals surface area contributed by atoms with Gasteiger partial charge in [0.15, 0.2) is 0 Å². The van der Waals surface area contributed by atoms with Gasteiger partial charge in [-0.05, 0) is 68.5 Å². The van der Waals surface area contributed by atoms with Crippen molar-refractivity contribution in [1.82, 2.24) is 10.2 Å². The largest absolute Gasteiger partial charge is 0.355 e. The molecule has 0 radical (unpaired) electrons. The first-order valence-corrected chi connectivity index (χ1v) is 14.6. The molecule has 0 heterocycles. The smallest absolute Gasteiger partial charge is 0.242 e. The van der Waals surface area contributed by atoms with E-state index in [0.717, 1.165) is 17.4 Å². The number of sulfonamides is 1. The van der Waals surface area contributed by atoms with Crippen LogP contribution >= 0.6 is 23.2 Å². The molecule has 0 aliphatic carbocycles. The minimum atomic E-state index is -3.56. The fourth-order valence-electron chi connectivity index (χ4n) is 4.03. The van der Waals surface area contributed by atoms with Gasteiger partial charge < -0.3 is 10.2 Å². The Morgan fingerprint density at radius 3 is 2.36 bits per heavy atom. The van der Waals surface area contributed by atoms with Gasteiger partial charge in [-0.15, -0.1) is 0 Å². The lowest BCUT2D eigenvalue weighted by Gasteiger charge is -2.31. The van der Waals surface area contributed by atoms with E-state index in [2.05, 4.69) is 5.32 Å². The van der Waals surface area contributed by atoms with E-state index < -0.39 is 16.1 Å². The number of nitrogens with zero attached hydrogens (tertiary/aromatic N) is 2. The van der Waals surface area contributed by atoms with E-state index in [1.165, 1.54) is 9.21 Å². The number of benzene rings is 2. The molecule has 0 aliphatic heterocycles. The van der Waals surface area contributed by atoms with E-state index in [0.29, 0.717) is 34.3 Å². The van der Waals surface area contributed by atoms with Crippen LogP contribution in [-0.4, -0.2) is 50.5 Å². The fraction of sp³-hybridized carbons (Fsp3) is 0.462. The molecule has 1 atom stereocenters. The number of anilines is 1. The Labute approximate surface area is 224 Å². The lowest BCUT2D eigenvalue weighted by molar-refractivity contribution is -0.141. The molecule has 2 aromatic carbocycles. The molecule has 0 fully saturated rings. The zero-order chi connectivity index (χ0) is 27.0. The van der Waals surface area contributed by atoms with Crippen LogP contribution in [0.2, 0.25) is 10.0 Å². The van der Waals surface area contributed by atoms with Crippen molar-refractivity contribution in [2.75, 3.05) is 23.7 Å². The number of carbonyl (C=O) groups excluding carboxylic acids is 2. The predicted octanol–water partition coefficient (Wildman–Crippen LogP) is 5.10. The number of carbonyl (C=O) groups is 2. The SMILES string of the molecule is CCNC(=O)C(CC)N(Cc1ccc(Cl)cc1Cl)C(=O)CCCN(c1cccc(C)c1C)S(C)(=O)=O. The second-order valence-electron chi connectivity index (χ2n) is 8.73. The first kappa shape index (κ1) is 29.9. The minimum Gasteiger partial charge on any atom is -0.355 e. The standard InChI is InChI=1S/C26H35Cl2N3O4S/c1-6-23(26(33)29-7-2)30(17-20-13-14-21(27)16-22(20)28)25(32)12-9-15-31(36(5,34)35)24-11-8-10-18(3)19(24)4/h8,10-11,13-14,16,23H,6-7,9,12,15,17H2,1-5H3,(H,29,33). The van der Waals surface area contributed by atoms with Crippen molar-refractivity contribution < 1.29 is 18.0 Å². The highest BCUT2D eigenvalue weighted by atomic mass is 35.5. The molecule has 1 unspecified atom stereocenters. The van der Waals surface area contributed by atoms with Gasteiger partial charge in [0.05, 0.1) is 11.9 Å². The van der Waals surface area contributed by atoms with E-state index in [1.54, 1.807) is 24.3 Å². The molecule has 198 valence electrons. The highest BCUT2D eigenvalue weighted by Gasteiger charge is 2.29. The molecule has 2 rings (SSSR count). The van der Waals surface area contributed by atoms with Crippen LogP contribution in [-0.2, 0) is 26.2 Å². The summed E-state index contributed by atoms with van der Waals surface area (Å²) < 4.78 is 26.5. The van der Waals surface area contributed by atoms with Crippen molar-refractivity contribution >= 4 is 50.7 Å². The van der Waals surface area contributed by atoms with Gasteiger partial charge >= 0.3 is 0 Å². The summed E-state index contributed by atoms with van der Waals surface area (Å²) in [5.41, 5.74) is 3.13. The van der Waals surface area contributed by atoms with Crippen LogP contribution in [0.4, 0.5) is 5.69 Å². The average Bonchev–Trinajstić information content (AvgIpc) is 2.79. The lowest BCUT2D eigenvalue weighted by atomic mass is 10.1. The predicted molar refractivity (Wildman–Crippen MR) is 147 cm³/mol. The van der Waals surface area contributed by atoms with Crippen LogP contribution in [0.1, 0.15) is 49.8 Å². The van der Waals surface area contributed by atoms with Gasteiger partial charge in [0, 0.05) is 36.1 Å². The summed E-state index contributed by atoms with van der Waals surface area (Å²) in [6.07, 6.45) is 1.93. The second-order valence-corrected chi connectivity index (χ2v) is 11.5. The number of likely N-dealkylation sites (N-methyl/N-ethyl adjacent to an activating group) is 1. The monoisotopic (exact) mass is 555 g/mol. The molecule has 1 N–H and O–H groups in total. The Morgan fingerprint density at radius 2 is 1.78 bits per heavy atom. The average molecular weight is 557 g/mol. The van der Waals surface area contributed by atoms with Crippen LogP contribution < -0.4 is 9.62 Å². The summed E-state index contributed by atoms with van der Waals surface area (Å²) in [6.45, 7) is 8.19. The van der Waals surface area contributed by atoms with Crippen LogP contribution in [0.5, 0.6) is 0 Å². The number of amides is 2. The molecule has 2 amide bonds. The van der Waals surface area contributed by atoms with Gasteiger partial charge in [-0.2, -0.15) is 0 Å². The highest BCUT2D eigenvalue weighted by molar-refractivity contribution is 7.92. The van der Waals surface area contributed by atoms with Crippen LogP contribution in [0, 0.1) is 13.8 Å². The number of rotatable bonds is 12. The third-order valence-corrected chi connectivity index (χ3v) is 7.86. The Morgan fingerprint density at radius 1 is 1.08 bits per heavy atom. The molecule has 7 nitrogen and oxygen atoms in total. The van der Waals surface area contributed by atoms with Gasteiger partial charge in [0.1, 0.15) is 6.04 Å². The van der Waals surface area contributed by atoms with Crippen molar-refractivity contribution in [2.24, 2.45) is 0 Å². The van der Waals surface area contributed by atoms with E-state index in [4.69, 9.17) is 23.2 Å². The normalized spacial score (nSPS) is 12.2. The summed E-state index contributed by atoms with van der Waals surface area (Å²) >= 11 is 12.4. The third kappa shape index (κ3) is 7.85. The Kier molecular flexibility index (Phi) is 11.1. The maximum absolute atomic E-state index is 13.4. The van der Waals surface area contributed by atoms with Crippen molar-refractivity contribution in [2.45, 2.75) is 59.5 Å². The molecule has 0 bridgehead atoms. The maximum atomic E-state index is 13.4. The van der Waals surface area contributed by atoms with Gasteiger partial charge in [-0.1, -0.05) is 48.3 Å². The van der Waals surface area contributed by atoms with Gasteiger partial charge in [-0.25, -0.2) is 8.42 Å². The molecule has 0 aliphatic rings. The van der Waals surface area contributed by atoms with Gasteiger partial charge in [0.25, 0.3) is 0 Å². The molecule has 2 aromatic rings. The third-order valence-electron chi connectivity index (χ3n) is 6.09. The van der Waals surface area contributed by atoms with Gasteiger partial charge in [0.2, 0.25) is 21.8 Å². The fourth-order valence-corrected chi connectivity index (χ4v) is 5.52. The van der Waals surface area contributed by atoms with Crippen molar-refractivity contribution in [1.29, 1.82) is 0 Å². The summed E-state index contributed by atoms with van der Waals surface area (Å²) in [6, 6.07) is 9.85. The highest BCUT2D eigenvalue weighted by Crippen LogP contribution is 2.27. The molecule has 0 saturated heterocycles. The quantitative estimate of drug-likeness (QED) is 0.394. The first-order valence-electron chi connectivity index (χ1n) is 12.0. The maximum Gasteiger partial charge on any atom is 0.242 e. The van der Waals surface area contributed by atoms with E-state index >= 15 is 0 Å².